The van der Waals surface area contributed by atoms with Gasteiger partial charge in [-0.3, -0.25) is 4.79 Å². The van der Waals surface area contributed by atoms with Crippen LogP contribution in [0.15, 0.2) is 61.1 Å². The van der Waals surface area contributed by atoms with Gasteiger partial charge in [0.15, 0.2) is 0 Å². The number of rotatable bonds is 4. The first-order valence-corrected chi connectivity index (χ1v) is 7.09. The van der Waals surface area contributed by atoms with Crippen LogP contribution in [-0.4, -0.2) is 20.7 Å². The largest absolute Gasteiger partial charge is 0.310 e. The van der Waals surface area contributed by atoms with Gasteiger partial charge in [0.1, 0.15) is 5.82 Å². The number of nitrogens with one attached hydrogen (secondary N) is 1. The zero-order valence-corrected chi connectivity index (χ0v) is 12.4. The molecule has 0 spiro atoms. The number of nitrogens with zero attached hydrogens (tertiary/aromatic N) is 3. The molecule has 1 amide bonds. The molecule has 0 aliphatic carbocycles. The normalized spacial score (nSPS) is 10.4. The number of carbonyl (C=O) groups excluding carboxylic acids is 1. The van der Waals surface area contributed by atoms with Crippen LogP contribution in [0.25, 0.3) is 5.69 Å². The van der Waals surface area contributed by atoms with Gasteiger partial charge in [-0.25, -0.2) is 9.67 Å². The molecule has 0 saturated carbocycles. The summed E-state index contributed by atoms with van der Waals surface area (Å²) in [6, 6.07) is 13.0. The number of halogens is 1. The lowest BCUT2D eigenvalue weighted by Crippen LogP contribution is -2.14. The van der Waals surface area contributed by atoms with Gasteiger partial charge in [0.05, 0.1) is 18.3 Å². The minimum Gasteiger partial charge on any atom is -0.310 e. The molecule has 1 aromatic carbocycles. The Morgan fingerprint density at radius 2 is 2.05 bits per heavy atom. The Morgan fingerprint density at radius 3 is 2.82 bits per heavy atom. The first-order chi connectivity index (χ1) is 10.7. The van der Waals surface area contributed by atoms with Crippen LogP contribution >= 0.6 is 11.6 Å². The second-order valence-electron chi connectivity index (χ2n) is 4.71. The number of carbonyl (C=O) groups is 1. The van der Waals surface area contributed by atoms with E-state index in [0.717, 1.165) is 11.3 Å². The molecule has 0 bridgehead atoms. The second kappa shape index (κ2) is 6.41. The molecule has 0 saturated heterocycles. The van der Waals surface area contributed by atoms with Crippen molar-refractivity contribution < 1.29 is 4.79 Å². The van der Waals surface area contributed by atoms with Crippen molar-refractivity contribution in [3.05, 3.63) is 71.6 Å². The molecule has 6 heteroatoms. The van der Waals surface area contributed by atoms with E-state index in [1.807, 2.05) is 36.5 Å². The fraction of sp³-hybridized carbons (Fsp3) is 0.0625. The fourth-order valence-corrected chi connectivity index (χ4v) is 2.18. The minimum atomic E-state index is -0.164. The summed E-state index contributed by atoms with van der Waals surface area (Å²) >= 11 is 5.86. The Hall–Kier alpha value is -2.66. The maximum atomic E-state index is 12.0. The SMILES string of the molecule is O=C(Cc1cnn(-c2ccccc2)c1)Nc1cc(Cl)ccn1. The number of pyridine rings is 1. The quantitative estimate of drug-likeness (QED) is 0.805. The van der Waals surface area contributed by atoms with E-state index >= 15 is 0 Å². The summed E-state index contributed by atoms with van der Waals surface area (Å²) in [7, 11) is 0. The van der Waals surface area contributed by atoms with E-state index in [2.05, 4.69) is 15.4 Å². The number of hydrogen-bond donors (Lipinski definition) is 1. The smallest absolute Gasteiger partial charge is 0.230 e. The number of hydrogen-bond acceptors (Lipinski definition) is 3. The number of para-hydroxylation sites is 1. The highest BCUT2D eigenvalue weighted by molar-refractivity contribution is 6.30. The molecule has 0 aliphatic heterocycles. The summed E-state index contributed by atoms with van der Waals surface area (Å²) in [6.45, 7) is 0. The van der Waals surface area contributed by atoms with Crippen molar-refractivity contribution in [2.75, 3.05) is 5.32 Å². The minimum absolute atomic E-state index is 0.164. The molecule has 3 aromatic rings. The second-order valence-corrected chi connectivity index (χ2v) is 5.15. The molecule has 0 fully saturated rings. The van der Waals surface area contributed by atoms with E-state index in [9.17, 15) is 4.79 Å². The summed E-state index contributed by atoms with van der Waals surface area (Å²) < 4.78 is 1.74. The molecule has 2 aromatic heterocycles. The number of anilines is 1. The Kier molecular flexibility index (Phi) is 4.16. The highest BCUT2D eigenvalue weighted by Crippen LogP contribution is 2.13. The van der Waals surface area contributed by atoms with Crippen LogP contribution in [0, 0.1) is 0 Å². The van der Waals surface area contributed by atoms with Gasteiger partial charge in [-0.05, 0) is 29.8 Å². The van der Waals surface area contributed by atoms with E-state index < -0.39 is 0 Å². The van der Waals surface area contributed by atoms with Gasteiger partial charge in [-0.15, -0.1) is 0 Å². The highest BCUT2D eigenvalue weighted by Gasteiger charge is 2.08. The number of benzene rings is 1. The molecule has 0 radical (unpaired) electrons. The van der Waals surface area contributed by atoms with Gasteiger partial charge >= 0.3 is 0 Å². The molecular weight excluding hydrogens is 300 g/mol. The van der Waals surface area contributed by atoms with Crippen LogP contribution in [0.5, 0.6) is 0 Å². The molecule has 3 rings (SSSR count). The third-order valence-electron chi connectivity index (χ3n) is 3.01. The predicted molar refractivity (Wildman–Crippen MR) is 85.1 cm³/mol. The number of aromatic nitrogens is 3. The monoisotopic (exact) mass is 312 g/mol. The molecule has 0 atom stereocenters. The van der Waals surface area contributed by atoms with Crippen LogP contribution in [0.2, 0.25) is 5.02 Å². The average molecular weight is 313 g/mol. The summed E-state index contributed by atoms with van der Waals surface area (Å²) in [5, 5.41) is 7.50. The van der Waals surface area contributed by atoms with Crippen LogP contribution in [-0.2, 0) is 11.2 Å². The standard InChI is InChI=1S/C16H13ClN4O/c17-13-6-7-18-15(9-13)20-16(22)8-12-10-19-21(11-12)14-4-2-1-3-5-14/h1-7,9-11H,8H2,(H,18,20,22). The van der Waals surface area contributed by atoms with Gasteiger partial charge in [-0.1, -0.05) is 29.8 Å². The molecule has 1 N–H and O–H groups in total. The maximum Gasteiger partial charge on any atom is 0.230 e. The van der Waals surface area contributed by atoms with Crippen molar-refractivity contribution in [3.63, 3.8) is 0 Å². The topological polar surface area (TPSA) is 59.8 Å². The van der Waals surface area contributed by atoms with Crippen LogP contribution in [0.3, 0.4) is 0 Å². The van der Waals surface area contributed by atoms with E-state index in [1.165, 1.54) is 0 Å². The van der Waals surface area contributed by atoms with Crippen molar-refractivity contribution in [2.45, 2.75) is 6.42 Å². The van der Waals surface area contributed by atoms with E-state index in [-0.39, 0.29) is 12.3 Å². The summed E-state index contributed by atoms with van der Waals surface area (Å²) in [5.41, 5.74) is 1.77. The molecular formula is C16H13ClN4O. The zero-order valence-electron chi connectivity index (χ0n) is 11.6. The first kappa shape index (κ1) is 14.3. The third-order valence-corrected chi connectivity index (χ3v) is 3.25. The predicted octanol–water partition coefficient (Wildman–Crippen LogP) is 3.10. The van der Waals surface area contributed by atoms with E-state index in [0.29, 0.717) is 10.8 Å². The maximum absolute atomic E-state index is 12.0. The summed E-state index contributed by atoms with van der Waals surface area (Å²) in [4.78, 5) is 16.0. The van der Waals surface area contributed by atoms with Crippen molar-refractivity contribution in [1.29, 1.82) is 0 Å². The van der Waals surface area contributed by atoms with Gasteiger partial charge in [0.25, 0.3) is 0 Å². The Morgan fingerprint density at radius 1 is 1.23 bits per heavy atom. The summed E-state index contributed by atoms with van der Waals surface area (Å²) in [5.74, 6) is 0.273. The van der Waals surface area contributed by atoms with Crippen LogP contribution in [0.4, 0.5) is 5.82 Å². The summed E-state index contributed by atoms with van der Waals surface area (Å²) in [6.07, 6.45) is 5.28. The average Bonchev–Trinajstić information content (AvgIpc) is 2.96. The first-order valence-electron chi connectivity index (χ1n) is 6.71. The Balaban J connectivity index is 1.66. The van der Waals surface area contributed by atoms with E-state index in [4.69, 9.17) is 11.6 Å². The van der Waals surface area contributed by atoms with Gasteiger partial charge in [0.2, 0.25) is 5.91 Å². The molecule has 22 heavy (non-hydrogen) atoms. The molecule has 2 heterocycles. The van der Waals surface area contributed by atoms with Crippen LogP contribution in [0.1, 0.15) is 5.56 Å². The zero-order chi connectivity index (χ0) is 15.4. The third kappa shape index (κ3) is 3.51. The lowest BCUT2D eigenvalue weighted by Gasteiger charge is -2.03. The van der Waals surface area contributed by atoms with Crippen molar-refractivity contribution in [1.82, 2.24) is 14.8 Å². The Bertz CT molecular complexity index is 786. The van der Waals surface area contributed by atoms with Crippen molar-refractivity contribution in [3.8, 4) is 5.69 Å². The van der Waals surface area contributed by atoms with Gasteiger partial charge < -0.3 is 5.32 Å². The fourth-order valence-electron chi connectivity index (χ4n) is 2.02. The lowest BCUT2D eigenvalue weighted by atomic mass is 10.2. The van der Waals surface area contributed by atoms with Gasteiger partial charge in [0, 0.05) is 17.4 Å². The number of amides is 1. The Labute approximate surface area is 132 Å². The molecule has 0 aliphatic rings. The highest BCUT2D eigenvalue weighted by atomic mass is 35.5. The van der Waals surface area contributed by atoms with Gasteiger partial charge in [-0.2, -0.15) is 5.10 Å². The lowest BCUT2D eigenvalue weighted by molar-refractivity contribution is -0.115. The molecule has 0 unspecified atom stereocenters. The van der Waals surface area contributed by atoms with Crippen molar-refractivity contribution >= 4 is 23.3 Å². The van der Waals surface area contributed by atoms with Crippen molar-refractivity contribution in [2.24, 2.45) is 0 Å². The van der Waals surface area contributed by atoms with Crippen LogP contribution < -0.4 is 5.32 Å². The molecule has 110 valence electrons. The van der Waals surface area contributed by atoms with E-state index in [1.54, 1.807) is 29.2 Å². The molecule has 5 nitrogen and oxygen atoms in total.